The summed E-state index contributed by atoms with van der Waals surface area (Å²) in [5.74, 6) is -1.15. The maximum absolute atomic E-state index is 15.0. The van der Waals surface area contributed by atoms with Crippen LogP contribution in [0.5, 0.6) is 0 Å². The lowest BCUT2D eigenvalue weighted by Crippen LogP contribution is -2.45. The third-order valence-electron chi connectivity index (χ3n) is 9.63. The molecule has 0 bridgehead atoms. The predicted molar refractivity (Wildman–Crippen MR) is 224 cm³/mol. The number of nitrogens with zero attached hydrogens (tertiary/aromatic N) is 5. The Morgan fingerprint density at radius 2 is 1.49 bits per heavy atom. The van der Waals surface area contributed by atoms with Gasteiger partial charge in [-0.3, -0.25) is 9.78 Å². The number of hydrogen-bond donors (Lipinski definition) is 0. The van der Waals surface area contributed by atoms with Crippen LogP contribution < -0.4 is 0 Å². The SMILES string of the molecule is COCC(COC)N(Cc1ccc(-c2c(F)cccc2F)cn1)C(=O)c1cc2nc(N=C(c3ccccc3)c3ccccc3)c(C)cc2n1COCC[Si](C)(C)C. The zero-order valence-electron chi connectivity index (χ0n) is 33.3. The Kier molecular flexibility index (Phi) is 13.5. The second-order valence-corrected chi connectivity index (χ2v) is 20.8. The minimum absolute atomic E-state index is 0.0633. The van der Waals surface area contributed by atoms with Crippen LogP contribution in [-0.4, -0.2) is 79.2 Å². The first-order valence-electron chi connectivity index (χ1n) is 18.9. The van der Waals surface area contributed by atoms with Crippen LogP contribution in [0, 0.1) is 18.6 Å². The van der Waals surface area contributed by atoms with E-state index in [0.29, 0.717) is 29.3 Å². The molecule has 0 aliphatic heterocycles. The molecule has 0 unspecified atom stereocenters. The number of benzene rings is 3. The highest BCUT2D eigenvalue weighted by atomic mass is 28.3. The van der Waals surface area contributed by atoms with Crippen molar-refractivity contribution < 1.29 is 27.8 Å². The van der Waals surface area contributed by atoms with Crippen LogP contribution in [0.4, 0.5) is 14.6 Å². The summed E-state index contributed by atoms with van der Waals surface area (Å²) in [4.78, 5) is 31.4. The molecule has 0 saturated carbocycles. The number of rotatable bonds is 17. The Morgan fingerprint density at radius 1 is 0.860 bits per heavy atom. The average Bonchev–Trinajstić information content (AvgIpc) is 3.54. The summed E-state index contributed by atoms with van der Waals surface area (Å²) in [5.41, 5.74) is 5.82. The van der Waals surface area contributed by atoms with Crippen molar-refractivity contribution in [2.75, 3.05) is 34.0 Å². The van der Waals surface area contributed by atoms with Crippen molar-refractivity contribution in [1.82, 2.24) is 19.4 Å². The number of methoxy groups -OCH3 is 2. The van der Waals surface area contributed by atoms with E-state index in [1.165, 1.54) is 24.4 Å². The molecule has 0 spiro atoms. The molecule has 3 aromatic carbocycles. The maximum Gasteiger partial charge on any atom is 0.271 e. The van der Waals surface area contributed by atoms with Crippen molar-refractivity contribution in [2.45, 2.75) is 51.9 Å². The van der Waals surface area contributed by atoms with Gasteiger partial charge < -0.3 is 23.7 Å². The van der Waals surface area contributed by atoms with Gasteiger partial charge in [0.05, 0.1) is 53.8 Å². The first-order valence-corrected chi connectivity index (χ1v) is 22.6. The van der Waals surface area contributed by atoms with Crippen LogP contribution in [0.15, 0.2) is 114 Å². The molecule has 0 saturated heterocycles. The maximum atomic E-state index is 15.0. The van der Waals surface area contributed by atoms with Crippen molar-refractivity contribution in [1.29, 1.82) is 0 Å². The largest absolute Gasteiger partial charge is 0.382 e. The number of aryl methyl sites for hydroxylation is 1. The lowest BCUT2D eigenvalue weighted by Gasteiger charge is -2.31. The molecule has 57 heavy (non-hydrogen) atoms. The van der Waals surface area contributed by atoms with E-state index >= 15 is 0 Å². The van der Waals surface area contributed by atoms with Crippen molar-refractivity contribution in [3.8, 4) is 11.1 Å². The minimum Gasteiger partial charge on any atom is -0.382 e. The van der Waals surface area contributed by atoms with E-state index in [-0.39, 0.29) is 43.5 Å². The lowest BCUT2D eigenvalue weighted by molar-refractivity contribution is 0.0236. The van der Waals surface area contributed by atoms with Gasteiger partial charge in [0, 0.05) is 51.8 Å². The molecule has 3 heterocycles. The topological polar surface area (TPSA) is 91.1 Å². The van der Waals surface area contributed by atoms with Crippen molar-refractivity contribution in [2.24, 2.45) is 4.99 Å². The Bertz CT molecular complexity index is 2250. The normalized spacial score (nSPS) is 11.7. The third kappa shape index (κ3) is 10.1. The van der Waals surface area contributed by atoms with Gasteiger partial charge >= 0.3 is 0 Å². The summed E-state index contributed by atoms with van der Waals surface area (Å²) in [6.45, 7) is 9.96. The number of carbonyl (C=O) groups is 1. The van der Waals surface area contributed by atoms with Gasteiger partial charge in [-0.25, -0.2) is 18.8 Å². The van der Waals surface area contributed by atoms with E-state index in [9.17, 15) is 13.6 Å². The third-order valence-corrected chi connectivity index (χ3v) is 11.3. The lowest BCUT2D eigenvalue weighted by atomic mass is 10.0. The zero-order valence-corrected chi connectivity index (χ0v) is 34.3. The molecule has 9 nitrogen and oxygen atoms in total. The quantitative estimate of drug-likeness (QED) is 0.0520. The van der Waals surface area contributed by atoms with Gasteiger partial charge in [0.25, 0.3) is 5.91 Å². The van der Waals surface area contributed by atoms with Gasteiger partial charge in [0.2, 0.25) is 0 Å². The summed E-state index contributed by atoms with van der Waals surface area (Å²) >= 11 is 0. The van der Waals surface area contributed by atoms with Gasteiger partial charge in [0.1, 0.15) is 24.1 Å². The molecule has 0 N–H and O–H groups in total. The van der Waals surface area contributed by atoms with Gasteiger partial charge in [-0.05, 0) is 48.9 Å². The first kappa shape index (κ1) is 41.2. The molecule has 0 atom stereocenters. The summed E-state index contributed by atoms with van der Waals surface area (Å²) in [5, 5.41) is 0. The minimum atomic E-state index is -1.40. The predicted octanol–water partition coefficient (Wildman–Crippen LogP) is 9.47. The van der Waals surface area contributed by atoms with E-state index in [1.54, 1.807) is 37.3 Å². The highest BCUT2D eigenvalue weighted by Crippen LogP contribution is 2.30. The van der Waals surface area contributed by atoms with Gasteiger partial charge in [-0.15, -0.1) is 0 Å². The zero-order chi connectivity index (χ0) is 40.5. The number of aliphatic imine (C=N–C) groups is 1. The van der Waals surface area contributed by atoms with Crippen molar-refractivity contribution >= 4 is 36.5 Å². The molecular formula is C45H49F2N5O4Si. The van der Waals surface area contributed by atoms with Crippen molar-refractivity contribution in [3.63, 3.8) is 0 Å². The molecule has 6 rings (SSSR count). The fourth-order valence-corrected chi connectivity index (χ4v) is 7.32. The summed E-state index contributed by atoms with van der Waals surface area (Å²) < 4.78 is 48.5. The Balaban J connectivity index is 1.43. The van der Waals surface area contributed by atoms with Crippen LogP contribution >= 0.6 is 0 Å². The number of pyridine rings is 2. The second-order valence-electron chi connectivity index (χ2n) is 15.2. The van der Waals surface area contributed by atoms with Crippen LogP contribution in [0.1, 0.15) is 32.9 Å². The average molecular weight is 790 g/mol. The van der Waals surface area contributed by atoms with Crippen LogP contribution in [0.3, 0.4) is 0 Å². The number of halogens is 2. The van der Waals surface area contributed by atoms with Gasteiger partial charge in [-0.2, -0.15) is 0 Å². The summed E-state index contributed by atoms with van der Waals surface area (Å²) in [7, 11) is 1.74. The number of ether oxygens (including phenoxy) is 3. The Hall–Kier alpha value is -5.40. The molecule has 3 aromatic heterocycles. The first-order chi connectivity index (χ1) is 27.5. The number of fused-ring (bicyclic) bond motifs is 1. The summed E-state index contributed by atoms with van der Waals surface area (Å²) in [6, 6.07) is 31.2. The molecule has 6 aromatic rings. The molecule has 0 radical (unpaired) electrons. The standard InChI is InChI=1S/C45H49F2N5O4Si/c1-31-24-40-39(49-44(31)50-43(32-14-9-7-10-15-32)33-16-11-8-12-17-33)25-41(52(40)30-56-22-23-57(4,5)6)45(53)51(36(28-54-2)29-55-3)27-35-21-20-34(26-48-35)42-37(46)18-13-19-38(42)47/h7-21,24-26,36H,22-23,27-30H2,1-6H3. The van der Waals surface area contributed by atoms with Crippen LogP contribution in [0.25, 0.3) is 22.2 Å². The highest BCUT2D eigenvalue weighted by Gasteiger charge is 2.30. The van der Waals surface area contributed by atoms with E-state index in [4.69, 9.17) is 24.2 Å². The van der Waals surface area contributed by atoms with Gasteiger partial charge in [0.15, 0.2) is 5.82 Å². The summed E-state index contributed by atoms with van der Waals surface area (Å²) in [6.07, 6.45) is 1.42. The fraction of sp³-hybridized carbons (Fsp3) is 0.289. The molecule has 1 amide bonds. The van der Waals surface area contributed by atoms with Gasteiger partial charge in [-0.1, -0.05) is 92.4 Å². The molecule has 0 aliphatic rings. The number of carbonyl (C=O) groups excluding carboxylic acids is 1. The van der Waals surface area contributed by atoms with E-state index < -0.39 is 25.8 Å². The van der Waals surface area contributed by atoms with Crippen molar-refractivity contribution in [3.05, 3.63) is 149 Å². The highest BCUT2D eigenvalue weighted by molar-refractivity contribution is 6.76. The Morgan fingerprint density at radius 3 is 2.05 bits per heavy atom. The molecule has 12 heteroatoms. The fourth-order valence-electron chi connectivity index (χ4n) is 6.56. The van der Waals surface area contributed by atoms with Crippen LogP contribution in [-0.2, 0) is 27.5 Å². The van der Waals surface area contributed by atoms with E-state index in [1.807, 2.05) is 78.2 Å². The van der Waals surface area contributed by atoms with E-state index in [2.05, 4.69) is 24.6 Å². The number of amides is 1. The van der Waals surface area contributed by atoms with Crippen LogP contribution in [0.2, 0.25) is 25.7 Å². The molecular weight excluding hydrogens is 741 g/mol. The number of hydrogen-bond acceptors (Lipinski definition) is 7. The molecule has 0 aliphatic carbocycles. The number of aromatic nitrogens is 3. The molecule has 0 fully saturated rings. The van der Waals surface area contributed by atoms with E-state index in [0.717, 1.165) is 34.0 Å². The Labute approximate surface area is 334 Å². The molecule has 296 valence electrons. The smallest absolute Gasteiger partial charge is 0.271 e. The monoisotopic (exact) mass is 789 g/mol. The second kappa shape index (κ2) is 18.7.